The van der Waals surface area contributed by atoms with E-state index in [-0.39, 0.29) is 0 Å². The van der Waals surface area contributed by atoms with Gasteiger partial charge in [0.25, 0.3) is 0 Å². The molecule has 1 aromatic carbocycles. The summed E-state index contributed by atoms with van der Waals surface area (Å²) in [5.74, 6) is 0.436. The highest BCUT2D eigenvalue weighted by molar-refractivity contribution is 9.10. The fourth-order valence-electron chi connectivity index (χ4n) is 1.00. The highest BCUT2D eigenvalue weighted by Gasteiger charge is 2.05. The van der Waals surface area contributed by atoms with Crippen LogP contribution in [0.15, 0.2) is 28.7 Å². The van der Waals surface area contributed by atoms with Gasteiger partial charge in [0.1, 0.15) is 0 Å². The van der Waals surface area contributed by atoms with Crippen LogP contribution in [0.5, 0.6) is 0 Å². The zero-order valence-corrected chi connectivity index (χ0v) is 8.14. The molecule has 2 N–H and O–H groups in total. The van der Waals surface area contributed by atoms with Gasteiger partial charge < -0.3 is 5.73 Å². The number of benzene rings is 1. The number of hydrogen-bond donors (Lipinski definition) is 1. The molecule has 11 heavy (non-hydrogen) atoms. The molecule has 0 amide bonds. The summed E-state index contributed by atoms with van der Waals surface area (Å²) in [7, 11) is 0. The van der Waals surface area contributed by atoms with Crippen molar-refractivity contribution in [2.75, 3.05) is 6.54 Å². The lowest BCUT2D eigenvalue weighted by molar-refractivity contribution is 0.770. The van der Waals surface area contributed by atoms with Crippen LogP contribution < -0.4 is 5.73 Å². The molecule has 0 aliphatic carbocycles. The molecule has 1 nitrogen and oxygen atoms in total. The first kappa shape index (κ1) is 8.75. The Balaban J connectivity index is 2.93. The van der Waals surface area contributed by atoms with E-state index in [1.54, 1.807) is 0 Å². The van der Waals surface area contributed by atoms with E-state index in [0.717, 1.165) is 4.47 Å². The molecule has 60 valence electrons. The Labute approximate surface area is 75.7 Å². The fourth-order valence-corrected chi connectivity index (χ4v) is 1.68. The van der Waals surface area contributed by atoms with Crippen molar-refractivity contribution in [1.29, 1.82) is 0 Å². The molecule has 1 atom stereocenters. The molecule has 0 aliphatic heterocycles. The minimum Gasteiger partial charge on any atom is -0.330 e. The quantitative estimate of drug-likeness (QED) is 0.804. The van der Waals surface area contributed by atoms with Crippen LogP contribution >= 0.6 is 15.9 Å². The Morgan fingerprint density at radius 1 is 1.45 bits per heavy atom. The zero-order valence-electron chi connectivity index (χ0n) is 6.55. The average molecular weight is 214 g/mol. The summed E-state index contributed by atoms with van der Waals surface area (Å²) in [4.78, 5) is 0. The minimum absolute atomic E-state index is 0.436. The highest BCUT2D eigenvalue weighted by atomic mass is 79.9. The van der Waals surface area contributed by atoms with Gasteiger partial charge in [-0.3, -0.25) is 0 Å². The van der Waals surface area contributed by atoms with E-state index < -0.39 is 0 Å². The van der Waals surface area contributed by atoms with E-state index in [4.69, 9.17) is 5.73 Å². The second-order valence-electron chi connectivity index (χ2n) is 2.66. The van der Waals surface area contributed by atoms with Crippen LogP contribution in [0, 0.1) is 0 Å². The molecule has 0 fully saturated rings. The van der Waals surface area contributed by atoms with Crippen molar-refractivity contribution in [2.45, 2.75) is 12.8 Å². The summed E-state index contributed by atoms with van der Waals surface area (Å²) < 4.78 is 1.15. The van der Waals surface area contributed by atoms with Gasteiger partial charge in [0.05, 0.1) is 0 Å². The Kier molecular flexibility index (Phi) is 3.09. The first-order valence-corrected chi connectivity index (χ1v) is 4.49. The third-order valence-corrected chi connectivity index (χ3v) is 2.51. The summed E-state index contributed by atoms with van der Waals surface area (Å²) in [6, 6.07) is 8.19. The van der Waals surface area contributed by atoms with Crippen LogP contribution in [0.1, 0.15) is 18.4 Å². The Bertz CT molecular complexity index is 235. The highest BCUT2D eigenvalue weighted by Crippen LogP contribution is 2.23. The lowest BCUT2D eigenvalue weighted by atomic mass is 10.0. The molecule has 2 heteroatoms. The molecule has 0 bridgehead atoms. The Morgan fingerprint density at radius 3 is 2.64 bits per heavy atom. The molecule has 0 aliphatic rings. The Morgan fingerprint density at radius 2 is 2.09 bits per heavy atom. The number of hydrogen-bond acceptors (Lipinski definition) is 1. The van der Waals surface area contributed by atoms with Crippen molar-refractivity contribution >= 4 is 15.9 Å². The topological polar surface area (TPSA) is 26.0 Å². The molecule has 0 aromatic heterocycles. The van der Waals surface area contributed by atoms with Crippen molar-refractivity contribution in [1.82, 2.24) is 0 Å². The van der Waals surface area contributed by atoms with Crippen LogP contribution in [0.4, 0.5) is 0 Å². The molecule has 0 saturated carbocycles. The molecular weight excluding hydrogens is 202 g/mol. The lowest BCUT2D eigenvalue weighted by Crippen LogP contribution is -2.09. The smallest absolute Gasteiger partial charge is 0.0210 e. The minimum atomic E-state index is 0.436. The van der Waals surface area contributed by atoms with Gasteiger partial charge in [-0.15, -0.1) is 0 Å². The molecule has 0 unspecified atom stereocenters. The van der Waals surface area contributed by atoms with E-state index in [9.17, 15) is 0 Å². The van der Waals surface area contributed by atoms with Crippen molar-refractivity contribution in [2.24, 2.45) is 5.73 Å². The third kappa shape index (κ3) is 2.04. The summed E-state index contributed by atoms with van der Waals surface area (Å²) in [5, 5.41) is 0. The van der Waals surface area contributed by atoms with Gasteiger partial charge in [0, 0.05) is 4.47 Å². The standard InChI is InChI=1S/C9H12BrN/c1-7(6-11)8-4-2-3-5-9(8)10/h2-5,7H,6,11H2,1H3/t7-/m0/s1. The van der Waals surface area contributed by atoms with E-state index in [2.05, 4.69) is 28.9 Å². The van der Waals surface area contributed by atoms with Crippen molar-refractivity contribution < 1.29 is 0 Å². The average Bonchev–Trinajstić information content (AvgIpc) is 2.04. The first-order valence-electron chi connectivity index (χ1n) is 3.70. The Hall–Kier alpha value is -0.340. The van der Waals surface area contributed by atoms with Crippen molar-refractivity contribution in [3.63, 3.8) is 0 Å². The van der Waals surface area contributed by atoms with Crippen LogP contribution in [0.2, 0.25) is 0 Å². The predicted molar refractivity (Wildman–Crippen MR) is 51.6 cm³/mol. The maximum absolute atomic E-state index is 5.55. The largest absolute Gasteiger partial charge is 0.330 e. The van der Waals surface area contributed by atoms with E-state index in [1.165, 1.54) is 5.56 Å². The monoisotopic (exact) mass is 213 g/mol. The maximum atomic E-state index is 5.55. The summed E-state index contributed by atoms with van der Waals surface area (Å²) in [5.41, 5.74) is 6.84. The first-order chi connectivity index (χ1) is 5.25. The summed E-state index contributed by atoms with van der Waals surface area (Å²) in [6.07, 6.45) is 0. The van der Waals surface area contributed by atoms with Crippen LogP contribution in [-0.4, -0.2) is 6.54 Å². The van der Waals surface area contributed by atoms with Gasteiger partial charge in [-0.25, -0.2) is 0 Å². The van der Waals surface area contributed by atoms with E-state index >= 15 is 0 Å². The maximum Gasteiger partial charge on any atom is 0.0210 e. The van der Waals surface area contributed by atoms with Crippen LogP contribution in [0.25, 0.3) is 0 Å². The summed E-state index contributed by atoms with van der Waals surface area (Å²) in [6.45, 7) is 2.82. The fraction of sp³-hybridized carbons (Fsp3) is 0.333. The van der Waals surface area contributed by atoms with Crippen molar-refractivity contribution in [3.05, 3.63) is 34.3 Å². The van der Waals surface area contributed by atoms with Crippen LogP contribution in [0.3, 0.4) is 0 Å². The lowest BCUT2D eigenvalue weighted by Gasteiger charge is -2.09. The van der Waals surface area contributed by atoms with Gasteiger partial charge in [-0.1, -0.05) is 41.1 Å². The SMILES string of the molecule is C[C@@H](CN)c1ccccc1Br. The third-order valence-electron chi connectivity index (χ3n) is 1.79. The molecule has 0 heterocycles. The number of rotatable bonds is 2. The van der Waals surface area contributed by atoms with Crippen molar-refractivity contribution in [3.8, 4) is 0 Å². The number of nitrogens with two attached hydrogens (primary N) is 1. The molecule has 0 saturated heterocycles. The normalized spacial score (nSPS) is 13.0. The predicted octanol–water partition coefficient (Wildman–Crippen LogP) is 2.51. The van der Waals surface area contributed by atoms with E-state index in [1.807, 2.05) is 18.2 Å². The molecule has 0 radical (unpaired) electrons. The van der Waals surface area contributed by atoms with Gasteiger partial charge in [-0.2, -0.15) is 0 Å². The van der Waals surface area contributed by atoms with Crippen LogP contribution in [-0.2, 0) is 0 Å². The molecule has 1 aromatic rings. The zero-order chi connectivity index (χ0) is 8.27. The second-order valence-corrected chi connectivity index (χ2v) is 3.51. The van der Waals surface area contributed by atoms with Gasteiger partial charge in [0.15, 0.2) is 0 Å². The second kappa shape index (κ2) is 3.88. The number of halogens is 1. The summed E-state index contributed by atoms with van der Waals surface area (Å²) >= 11 is 3.48. The van der Waals surface area contributed by atoms with Gasteiger partial charge in [0.2, 0.25) is 0 Å². The molecule has 0 spiro atoms. The van der Waals surface area contributed by atoms with Gasteiger partial charge in [-0.05, 0) is 24.1 Å². The molecular formula is C9H12BrN. The van der Waals surface area contributed by atoms with E-state index in [0.29, 0.717) is 12.5 Å². The van der Waals surface area contributed by atoms with Gasteiger partial charge >= 0.3 is 0 Å². The molecule has 1 rings (SSSR count).